The van der Waals surface area contributed by atoms with Gasteiger partial charge in [-0.05, 0) is 47.5 Å². The molecule has 4 nitrogen and oxygen atoms in total. The molecule has 0 saturated heterocycles. The molecule has 4 aromatic rings. The number of hydrogen-bond donors (Lipinski definition) is 1. The second-order valence-electron chi connectivity index (χ2n) is 5.22. The number of rotatable bonds is 2. The molecular weight excluding hydrogens is 284 g/mol. The average Bonchev–Trinajstić information content (AvgIpc) is 3.01. The van der Waals surface area contributed by atoms with Crippen LogP contribution in [0.2, 0.25) is 0 Å². The van der Waals surface area contributed by atoms with Crippen molar-refractivity contribution in [3.63, 3.8) is 0 Å². The quantitative estimate of drug-likeness (QED) is 0.604. The molecule has 0 fully saturated rings. The summed E-state index contributed by atoms with van der Waals surface area (Å²) in [6.45, 7) is 0. The molecule has 108 valence electrons. The van der Waals surface area contributed by atoms with Crippen LogP contribution in [0.1, 0.15) is 5.56 Å². The number of nitrogens with zero attached hydrogens (tertiary/aromatic N) is 3. The fourth-order valence-electron chi connectivity index (χ4n) is 2.77. The van der Waals surface area contributed by atoms with Crippen molar-refractivity contribution in [3.8, 4) is 28.5 Å². The summed E-state index contributed by atoms with van der Waals surface area (Å²) in [6.07, 6.45) is 6.99. The second kappa shape index (κ2) is 5.39. The van der Waals surface area contributed by atoms with E-state index in [0.717, 1.165) is 33.3 Å². The highest BCUT2D eigenvalue weighted by atomic mass is 14.7. The summed E-state index contributed by atoms with van der Waals surface area (Å²) >= 11 is 0. The molecule has 0 bridgehead atoms. The number of nitrogens with one attached hydrogen (secondary N) is 1. The number of aromatic amines is 1. The third kappa shape index (κ3) is 2.25. The first-order chi connectivity index (χ1) is 11.4. The van der Waals surface area contributed by atoms with Gasteiger partial charge >= 0.3 is 0 Å². The van der Waals surface area contributed by atoms with Gasteiger partial charge in [-0.3, -0.25) is 9.97 Å². The van der Waals surface area contributed by atoms with Gasteiger partial charge in [-0.2, -0.15) is 5.26 Å². The van der Waals surface area contributed by atoms with E-state index in [4.69, 9.17) is 0 Å². The van der Waals surface area contributed by atoms with E-state index in [1.165, 1.54) is 0 Å². The first-order valence-electron chi connectivity index (χ1n) is 7.23. The van der Waals surface area contributed by atoms with Crippen LogP contribution in [0, 0.1) is 11.3 Å². The Morgan fingerprint density at radius 3 is 2.09 bits per heavy atom. The van der Waals surface area contributed by atoms with E-state index >= 15 is 0 Å². The third-order valence-corrected chi connectivity index (χ3v) is 3.89. The maximum atomic E-state index is 9.63. The van der Waals surface area contributed by atoms with Gasteiger partial charge in [0.1, 0.15) is 6.07 Å². The van der Waals surface area contributed by atoms with Gasteiger partial charge in [0.15, 0.2) is 0 Å². The van der Waals surface area contributed by atoms with Gasteiger partial charge in [-0.1, -0.05) is 6.07 Å². The summed E-state index contributed by atoms with van der Waals surface area (Å²) in [5, 5.41) is 10.6. The highest BCUT2D eigenvalue weighted by Crippen LogP contribution is 2.32. The molecule has 23 heavy (non-hydrogen) atoms. The zero-order valence-corrected chi connectivity index (χ0v) is 12.2. The van der Waals surface area contributed by atoms with E-state index < -0.39 is 0 Å². The zero-order valence-electron chi connectivity index (χ0n) is 12.2. The van der Waals surface area contributed by atoms with Crippen molar-refractivity contribution in [3.05, 3.63) is 72.8 Å². The Morgan fingerprint density at radius 1 is 0.783 bits per heavy atom. The standard InChI is InChI=1S/C19H12N4/c20-12-17-16-11-15(13-3-7-21-8-4-13)1-2-18(16)23-19(17)14-5-9-22-10-6-14/h1-11,23H. The fraction of sp³-hybridized carbons (Fsp3) is 0. The van der Waals surface area contributed by atoms with Crippen molar-refractivity contribution >= 4 is 10.9 Å². The molecule has 0 aliphatic heterocycles. The van der Waals surface area contributed by atoms with Gasteiger partial charge in [-0.15, -0.1) is 0 Å². The van der Waals surface area contributed by atoms with Gasteiger partial charge in [0.25, 0.3) is 0 Å². The Balaban J connectivity index is 1.94. The molecule has 0 spiro atoms. The number of nitriles is 1. The number of aromatic nitrogens is 3. The smallest absolute Gasteiger partial charge is 0.102 e. The van der Waals surface area contributed by atoms with Crippen LogP contribution in [0.15, 0.2) is 67.3 Å². The largest absolute Gasteiger partial charge is 0.353 e. The molecular formula is C19H12N4. The van der Waals surface area contributed by atoms with Crippen LogP contribution in [0.25, 0.3) is 33.3 Å². The number of benzene rings is 1. The van der Waals surface area contributed by atoms with Crippen LogP contribution >= 0.6 is 0 Å². The molecule has 0 saturated carbocycles. The second-order valence-corrected chi connectivity index (χ2v) is 5.22. The lowest BCUT2D eigenvalue weighted by molar-refractivity contribution is 1.32. The van der Waals surface area contributed by atoms with Crippen molar-refractivity contribution < 1.29 is 0 Å². The highest BCUT2D eigenvalue weighted by molar-refractivity contribution is 5.95. The molecule has 0 unspecified atom stereocenters. The lowest BCUT2D eigenvalue weighted by Crippen LogP contribution is -1.82. The summed E-state index contributed by atoms with van der Waals surface area (Å²) in [7, 11) is 0. The Hall–Kier alpha value is -3.45. The van der Waals surface area contributed by atoms with Crippen LogP contribution in [-0.4, -0.2) is 15.0 Å². The summed E-state index contributed by atoms with van der Waals surface area (Å²) in [5.74, 6) is 0. The zero-order chi connectivity index (χ0) is 15.6. The molecule has 1 aromatic carbocycles. The highest BCUT2D eigenvalue weighted by Gasteiger charge is 2.13. The monoisotopic (exact) mass is 296 g/mol. The van der Waals surface area contributed by atoms with Crippen molar-refractivity contribution in [1.82, 2.24) is 15.0 Å². The Labute approximate surface area is 133 Å². The van der Waals surface area contributed by atoms with E-state index in [2.05, 4.69) is 21.0 Å². The molecule has 3 aromatic heterocycles. The minimum Gasteiger partial charge on any atom is -0.353 e. The van der Waals surface area contributed by atoms with Crippen LogP contribution in [0.5, 0.6) is 0 Å². The Kier molecular flexibility index (Phi) is 3.10. The van der Waals surface area contributed by atoms with Crippen molar-refractivity contribution in [2.75, 3.05) is 0 Å². The van der Waals surface area contributed by atoms with Gasteiger partial charge in [0.2, 0.25) is 0 Å². The first kappa shape index (κ1) is 13.2. The van der Waals surface area contributed by atoms with E-state index in [-0.39, 0.29) is 0 Å². The number of pyridine rings is 2. The normalized spacial score (nSPS) is 10.6. The summed E-state index contributed by atoms with van der Waals surface area (Å²) in [4.78, 5) is 11.4. The van der Waals surface area contributed by atoms with Gasteiger partial charge in [0, 0.05) is 41.3 Å². The maximum absolute atomic E-state index is 9.63. The molecule has 3 heterocycles. The van der Waals surface area contributed by atoms with E-state index in [1.54, 1.807) is 24.8 Å². The summed E-state index contributed by atoms with van der Waals surface area (Å²) < 4.78 is 0. The number of hydrogen-bond acceptors (Lipinski definition) is 3. The molecule has 0 amide bonds. The predicted octanol–water partition coefficient (Wildman–Crippen LogP) is 4.16. The fourth-order valence-corrected chi connectivity index (χ4v) is 2.77. The Morgan fingerprint density at radius 2 is 1.43 bits per heavy atom. The van der Waals surface area contributed by atoms with E-state index in [0.29, 0.717) is 5.56 Å². The third-order valence-electron chi connectivity index (χ3n) is 3.89. The van der Waals surface area contributed by atoms with Crippen molar-refractivity contribution in [1.29, 1.82) is 5.26 Å². The number of fused-ring (bicyclic) bond motifs is 1. The van der Waals surface area contributed by atoms with E-state index in [9.17, 15) is 5.26 Å². The van der Waals surface area contributed by atoms with Gasteiger partial charge in [0.05, 0.1) is 11.3 Å². The van der Waals surface area contributed by atoms with Gasteiger partial charge < -0.3 is 4.98 Å². The first-order valence-corrected chi connectivity index (χ1v) is 7.23. The van der Waals surface area contributed by atoms with Crippen molar-refractivity contribution in [2.45, 2.75) is 0 Å². The molecule has 1 N–H and O–H groups in total. The topological polar surface area (TPSA) is 65.4 Å². The van der Waals surface area contributed by atoms with Gasteiger partial charge in [-0.25, -0.2) is 0 Å². The lowest BCUT2D eigenvalue weighted by Gasteiger charge is -2.01. The van der Waals surface area contributed by atoms with Crippen LogP contribution in [0.4, 0.5) is 0 Å². The molecule has 4 rings (SSSR count). The maximum Gasteiger partial charge on any atom is 0.102 e. The van der Waals surface area contributed by atoms with Crippen LogP contribution in [-0.2, 0) is 0 Å². The molecule has 0 aliphatic carbocycles. The molecule has 0 atom stereocenters. The average molecular weight is 296 g/mol. The van der Waals surface area contributed by atoms with E-state index in [1.807, 2.05) is 42.5 Å². The summed E-state index contributed by atoms with van der Waals surface area (Å²) in [5.41, 5.74) is 5.54. The van der Waals surface area contributed by atoms with Crippen LogP contribution in [0.3, 0.4) is 0 Å². The Bertz CT molecular complexity index is 1010. The lowest BCUT2D eigenvalue weighted by atomic mass is 10.0. The molecule has 4 heteroatoms. The predicted molar refractivity (Wildman–Crippen MR) is 89.5 cm³/mol. The van der Waals surface area contributed by atoms with Crippen LogP contribution < -0.4 is 0 Å². The molecule has 0 radical (unpaired) electrons. The minimum atomic E-state index is 0.655. The SMILES string of the molecule is N#Cc1c(-c2ccncc2)[nH]c2ccc(-c3ccncc3)cc12. The molecule has 0 aliphatic rings. The minimum absolute atomic E-state index is 0.655. The number of H-pyrrole nitrogens is 1. The van der Waals surface area contributed by atoms with Crippen molar-refractivity contribution in [2.24, 2.45) is 0 Å². The summed E-state index contributed by atoms with van der Waals surface area (Å²) in [6, 6.07) is 16.2.